The molecule has 0 fully saturated rings. The molecule has 2 amide bonds. The SMILES string of the molecule is COc1ccccc1NC1=C(c2ccc(F)cc2)C(=O)N(c2ccc(C(C)(C)C)cc2)C1=O. The molecule has 1 aliphatic rings. The zero-order valence-electron chi connectivity index (χ0n) is 19.0. The number of hydrogen-bond donors (Lipinski definition) is 1. The van der Waals surface area contributed by atoms with E-state index in [0.29, 0.717) is 22.7 Å². The molecule has 1 aliphatic heterocycles. The fraction of sp³-hybridized carbons (Fsp3) is 0.185. The third kappa shape index (κ3) is 4.24. The summed E-state index contributed by atoms with van der Waals surface area (Å²) in [6.45, 7) is 6.28. The van der Waals surface area contributed by atoms with Crippen LogP contribution in [0.1, 0.15) is 31.9 Å². The molecule has 0 aliphatic carbocycles. The Morgan fingerprint density at radius 2 is 1.48 bits per heavy atom. The predicted molar refractivity (Wildman–Crippen MR) is 128 cm³/mol. The molecule has 4 rings (SSSR count). The molecule has 0 saturated heterocycles. The van der Waals surface area contributed by atoms with Crippen LogP contribution in [0.15, 0.2) is 78.5 Å². The van der Waals surface area contributed by atoms with Crippen LogP contribution in [0, 0.1) is 5.82 Å². The van der Waals surface area contributed by atoms with Gasteiger partial charge in [0.1, 0.15) is 17.3 Å². The van der Waals surface area contributed by atoms with Crippen LogP contribution in [0.5, 0.6) is 5.75 Å². The van der Waals surface area contributed by atoms with Crippen LogP contribution in [-0.4, -0.2) is 18.9 Å². The van der Waals surface area contributed by atoms with E-state index >= 15 is 0 Å². The summed E-state index contributed by atoms with van der Waals surface area (Å²) >= 11 is 0. The number of carbonyl (C=O) groups excluding carboxylic acids is 2. The number of amides is 2. The molecule has 3 aromatic carbocycles. The Morgan fingerprint density at radius 1 is 0.848 bits per heavy atom. The van der Waals surface area contributed by atoms with Gasteiger partial charge in [0.25, 0.3) is 11.8 Å². The number of anilines is 2. The summed E-state index contributed by atoms with van der Waals surface area (Å²) in [6.07, 6.45) is 0. The van der Waals surface area contributed by atoms with Gasteiger partial charge in [-0.25, -0.2) is 9.29 Å². The van der Waals surface area contributed by atoms with Crippen LogP contribution in [0.4, 0.5) is 15.8 Å². The molecule has 0 saturated carbocycles. The largest absolute Gasteiger partial charge is 0.495 e. The van der Waals surface area contributed by atoms with Gasteiger partial charge >= 0.3 is 0 Å². The highest BCUT2D eigenvalue weighted by molar-refractivity contribution is 6.46. The van der Waals surface area contributed by atoms with Gasteiger partial charge in [-0.3, -0.25) is 9.59 Å². The first kappa shape index (κ1) is 22.3. The first-order valence-corrected chi connectivity index (χ1v) is 10.6. The number of ether oxygens (including phenoxy) is 1. The van der Waals surface area contributed by atoms with E-state index in [-0.39, 0.29) is 16.7 Å². The molecule has 1 N–H and O–H groups in total. The van der Waals surface area contributed by atoms with Crippen molar-refractivity contribution >= 4 is 28.8 Å². The summed E-state index contributed by atoms with van der Waals surface area (Å²) in [5, 5.41) is 3.09. The monoisotopic (exact) mass is 444 g/mol. The lowest BCUT2D eigenvalue weighted by Gasteiger charge is -2.21. The Hall–Kier alpha value is -3.93. The minimum absolute atomic E-state index is 0.0638. The molecule has 5 nitrogen and oxygen atoms in total. The van der Waals surface area contributed by atoms with E-state index in [0.717, 1.165) is 10.5 Å². The summed E-state index contributed by atoms with van der Waals surface area (Å²) in [5.41, 5.74) is 2.76. The third-order valence-electron chi connectivity index (χ3n) is 5.57. The normalized spacial score (nSPS) is 14.2. The number of carbonyl (C=O) groups is 2. The van der Waals surface area contributed by atoms with E-state index in [4.69, 9.17) is 4.74 Å². The lowest BCUT2D eigenvalue weighted by Crippen LogP contribution is -2.32. The van der Waals surface area contributed by atoms with Crippen molar-refractivity contribution in [1.29, 1.82) is 0 Å². The van der Waals surface area contributed by atoms with E-state index in [2.05, 4.69) is 26.1 Å². The average molecular weight is 445 g/mol. The third-order valence-corrected chi connectivity index (χ3v) is 5.57. The van der Waals surface area contributed by atoms with Crippen molar-refractivity contribution in [1.82, 2.24) is 0 Å². The maximum Gasteiger partial charge on any atom is 0.282 e. The Balaban J connectivity index is 1.80. The molecule has 33 heavy (non-hydrogen) atoms. The fourth-order valence-electron chi connectivity index (χ4n) is 3.76. The van der Waals surface area contributed by atoms with Crippen molar-refractivity contribution in [3.05, 3.63) is 95.4 Å². The summed E-state index contributed by atoms with van der Waals surface area (Å²) in [5.74, 6) is -0.872. The Morgan fingerprint density at radius 3 is 2.09 bits per heavy atom. The standard InChI is InChI=1S/C27H25FN2O3/c1-27(2,3)18-11-15-20(16-12-18)30-25(31)23(17-9-13-19(28)14-10-17)24(26(30)32)29-21-7-5-6-8-22(21)33-4/h5-16,29H,1-4H3. The zero-order chi connectivity index (χ0) is 23.8. The Bertz CT molecular complexity index is 1240. The molecule has 168 valence electrons. The van der Waals surface area contributed by atoms with Crippen LogP contribution >= 0.6 is 0 Å². The second-order valence-corrected chi connectivity index (χ2v) is 8.82. The molecule has 0 atom stereocenters. The number of halogens is 1. The molecule has 0 unspecified atom stereocenters. The zero-order valence-corrected chi connectivity index (χ0v) is 19.0. The van der Waals surface area contributed by atoms with E-state index in [1.807, 2.05) is 18.2 Å². The van der Waals surface area contributed by atoms with Gasteiger partial charge in [0.15, 0.2) is 0 Å². The van der Waals surface area contributed by atoms with Crippen LogP contribution in [0.3, 0.4) is 0 Å². The van der Waals surface area contributed by atoms with Crippen molar-refractivity contribution in [2.75, 3.05) is 17.3 Å². The topological polar surface area (TPSA) is 58.6 Å². The molecule has 0 aromatic heterocycles. The molecule has 0 radical (unpaired) electrons. The second kappa shape index (κ2) is 8.54. The average Bonchev–Trinajstić information content (AvgIpc) is 3.03. The van der Waals surface area contributed by atoms with Crippen LogP contribution < -0.4 is 15.0 Å². The van der Waals surface area contributed by atoms with Crippen molar-refractivity contribution in [2.45, 2.75) is 26.2 Å². The highest BCUT2D eigenvalue weighted by atomic mass is 19.1. The smallest absolute Gasteiger partial charge is 0.282 e. The van der Waals surface area contributed by atoms with Crippen LogP contribution in [0.25, 0.3) is 5.57 Å². The highest BCUT2D eigenvalue weighted by Crippen LogP contribution is 2.36. The fourth-order valence-corrected chi connectivity index (χ4v) is 3.76. The van der Waals surface area contributed by atoms with Gasteiger partial charge < -0.3 is 10.1 Å². The lowest BCUT2D eigenvalue weighted by molar-refractivity contribution is -0.120. The van der Waals surface area contributed by atoms with Gasteiger partial charge in [-0.2, -0.15) is 0 Å². The van der Waals surface area contributed by atoms with Crippen LogP contribution in [-0.2, 0) is 15.0 Å². The second-order valence-electron chi connectivity index (χ2n) is 8.82. The number of rotatable bonds is 5. The molecular weight excluding hydrogens is 419 g/mol. The quantitative estimate of drug-likeness (QED) is 0.526. The number of nitrogens with one attached hydrogen (secondary N) is 1. The van der Waals surface area contributed by atoms with Crippen molar-refractivity contribution in [3.63, 3.8) is 0 Å². The number of nitrogens with zero attached hydrogens (tertiary/aromatic N) is 1. The van der Waals surface area contributed by atoms with Crippen LogP contribution in [0.2, 0.25) is 0 Å². The summed E-state index contributed by atoms with van der Waals surface area (Å²) in [4.78, 5) is 28.2. The predicted octanol–water partition coefficient (Wildman–Crippen LogP) is 5.53. The van der Waals surface area contributed by atoms with Crippen molar-refractivity contribution in [3.8, 4) is 5.75 Å². The number of methoxy groups -OCH3 is 1. The van der Waals surface area contributed by atoms with E-state index in [9.17, 15) is 14.0 Å². The van der Waals surface area contributed by atoms with Gasteiger partial charge in [0, 0.05) is 0 Å². The molecule has 0 bridgehead atoms. The van der Waals surface area contributed by atoms with Gasteiger partial charge in [0.05, 0.1) is 24.1 Å². The maximum atomic E-state index is 13.6. The van der Waals surface area contributed by atoms with E-state index < -0.39 is 17.6 Å². The van der Waals surface area contributed by atoms with Crippen molar-refractivity contribution < 1.29 is 18.7 Å². The molecule has 6 heteroatoms. The summed E-state index contributed by atoms with van der Waals surface area (Å²) < 4.78 is 18.9. The van der Waals surface area contributed by atoms with Gasteiger partial charge in [-0.1, -0.05) is 57.2 Å². The number of benzene rings is 3. The summed E-state index contributed by atoms with van der Waals surface area (Å²) in [7, 11) is 1.53. The summed E-state index contributed by atoms with van der Waals surface area (Å²) in [6, 6.07) is 20.0. The minimum Gasteiger partial charge on any atom is -0.495 e. The Labute approximate surface area is 192 Å². The lowest BCUT2D eigenvalue weighted by atomic mass is 9.87. The van der Waals surface area contributed by atoms with Gasteiger partial charge in [-0.15, -0.1) is 0 Å². The molecule has 0 spiro atoms. The van der Waals surface area contributed by atoms with E-state index in [1.54, 1.807) is 30.3 Å². The Kier molecular flexibility index (Phi) is 5.77. The van der Waals surface area contributed by atoms with E-state index in [1.165, 1.54) is 31.4 Å². The number of imide groups is 1. The highest BCUT2D eigenvalue weighted by Gasteiger charge is 2.40. The number of para-hydroxylation sites is 2. The van der Waals surface area contributed by atoms with Gasteiger partial charge in [-0.05, 0) is 52.9 Å². The number of hydrogen-bond acceptors (Lipinski definition) is 4. The first-order chi connectivity index (χ1) is 15.7. The molecular formula is C27H25FN2O3. The first-order valence-electron chi connectivity index (χ1n) is 10.6. The minimum atomic E-state index is -0.492. The van der Waals surface area contributed by atoms with Crippen molar-refractivity contribution in [2.24, 2.45) is 0 Å². The molecule has 3 aromatic rings. The maximum absolute atomic E-state index is 13.6. The molecule has 1 heterocycles. The van der Waals surface area contributed by atoms with Gasteiger partial charge in [0.2, 0.25) is 0 Å².